The van der Waals surface area contributed by atoms with Crippen molar-refractivity contribution in [1.82, 2.24) is 0 Å². The summed E-state index contributed by atoms with van der Waals surface area (Å²) in [5, 5.41) is 0. The molecule has 70 valence electrons. The van der Waals surface area contributed by atoms with Gasteiger partial charge in [-0.25, -0.2) is 4.79 Å². The minimum Gasteiger partial charge on any atom is -0.446 e. The number of carbonyl (C=O) groups is 1. The lowest BCUT2D eigenvalue weighted by molar-refractivity contribution is 0.119. The minimum absolute atomic E-state index is 0.230. The van der Waals surface area contributed by atoms with Gasteiger partial charge in [-0.05, 0) is 12.0 Å². The smallest absolute Gasteiger partial charge is 0.404 e. The summed E-state index contributed by atoms with van der Waals surface area (Å²) in [6.07, 6.45) is 0.494. The topological polar surface area (TPSA) is 26.3 Å². The van der Waals surface area contributed by atoms with Crippen LogP contribution in [0.15, 0.2) is 30.3 Å². The van der Waals surface area contributed by atoms with Crippen LogP contribution < -0.4 is 0 Å². The van der Waals surface area contributed by atoms with Gasteiger partial charge in [0.2, 0.25) is 0 Å². The van der Waals surface area contributed by atoms with Gasteiger partial charge >= 0.3 is 5.43 Å². The number of benzene rings is 1. The summed E-state index contributed by atoms with van der Waals surface area (Å²) < 4.78 is 4.91. The SMILES string of the molecule is CCC(OC(=O)Cl)c1ccccc1. The molecule has 1 aromatic rings. The van der Waals surface area contributed by atoms with Gasteiger partial charge in [0.05, 0.1) is 0 Å². The molecular weight excluding hydrogens is 188 g/mol. The van der Waals surface area contributed by atoms with Gasteiger partial charge in [-0.15, -0.1) is 0 Å². The van der Waals surface area contributed by atoms with Gasteiger partial charge in [0.15, 0.2) is 0 Å². The zero-order chi connectivity index (χ0) is 9.68. The van der Waals surface area contributed by atoms with Gasteiger partial charge in [0.25, 0.3) is 0 Å². The fourth-order valence-corrected chi connectivity index (χ4v) is 1.27. The van der Waals surface area contributed by atoms with E-state index in [0.29, 0.717) is 0 Å². The van der Waals surface area contributed by atoms with Crippen LogP contribution >= 0.6 is 11.6 Å². The Kier molecular flexibility index (Phi) is 3.77. The van der Waals surface area contributed by atoms with E-state index in [0.717, 1.165) is 12.0 Å². The molecule has 0 saturated heterocycles. The van der Waals surface area contributed by atoms with E-state index in [4.69, 9.17) is 16.3 Å². The van der Waals surface area contributed by atoms with Crippen molar-refractivity contribution in [2.75, 3.05) is 0 Å². The maximum atomic E-state index is 10.5. The number of hydrogen-bond donors (Lipinski definition) is 0. The summed E-state index contributed by atoms with van der Waals surface area (Å²) in [6.45, 7) is 1.94. The highest BCUT2D eigenvalue weighted by molar-refractivity contribution is 6.61. The summed E-state index contributed by atoms with van der Waals surface area (Å²) >= 11 is 5.14. The molecule has 0 amide bonds. The van der Waals surface area contributed by atoms with E-state index in [1.54, 1.807) is 0 Å². The van der Waals surface area contributed by atoms with Crippen molar-refractivity contribution in [1.29, 1.82) is 0 Å². The average molecular weight is 199 g/mol. The van der Waals surface area contributed by atoms with Gasteiger partial charge < -0.3 is 4.74 Å². The second kappa shape index (κ2) is 4.87. The summed E-state index contributed by atoms with van der Waals surface area (Å²) in [7, 11) is 0. The van der Waals surface area contributed by atoms with E-state index in [1.807, 2.05) is 37.3 Å². The first kappa shape index (κ1) is 10.1. The van der Waals surface area contributed by atoms with E-state index < -0.39 is 5.43 Å². The van der Waals surface area contributed by atoms with E-state index in [2.05, 4.69) is 0 Å². The molecular formula is C10H11ClO2. The zero-order valence-electron chi connectivity index (χ0n) is 7.37. The first-order valence-electron chi connectivity index (χ1n) is 4.15. The van der Waals surface area contributed by atoms with Crippen LogP contribution in [0.5, 0.6) is 0 Å². The molecule has 0 aliphatic heterocycles. The second-order valence-corrected chi connectivity index (χ2v) is 2.97. The van der Waals surface area contributed by atoms with E-state index >= 15 is 0 Å². The summed E-state index contributed by atoms with van der Waals surface area (Å²) in [5.41, 5.74) is 0.217. The van der Waals surface area contributed by atoms with Gasteiger partial charge in [-0.2, -0.15) is 0 Å². The Morgan fingerprint density at radius 3 is 2.54 bits per heavy atom. The predicted molar refractivity (Wildman–Crippen MR) is 51.8 cm³/mol. The van der Waals surface area contributed by atoms with Gasteiger partial charge in [-0.1, -0.05) is 37.3 Å². The zero-order valence-corrected chi connectivity index (χ0v) is 8.12. The molecule has 0 spiro atoms. The van der Waals surface area contributed by atoms with Crippen LogP contribution in [0.3, 0.4) is 0 Å². The molecule has 2 nitrogen and oxygen atoms in total. The summed E-state index contributed by atoms with van der Waals surface area (Å²) in [4.78, 5) is 10.5. The van der Waals surface area contributed by atoms with Crippen LogP contribution in [0.4, 0.5) is 4.79 Å². The highest BCUT2D eigenvalue weighted by atomic mass is 35.5. The van der Waals surface area contributed by atoms with Crippen molar-refractivity contribution in [2.45, 2.75) is 19.4 Å². The molecule has 0 radical (unpaired) electrons. The predicted octanol–water partition coefficient (Wildman–Crippen LogP) is 3.51. The molecule has 13 heavy (non-hydrogen) atoms. The number of rotatable bonds is 3. The maximum absolute atomic E-state index is 10.5. The Balaban J connectivity index is 2.73. The van der Waals surface area contributed by atoms with E-state index in [9.17, 15) is 4.79 Å². The van der Waals surface area contributed by atoms with Gasteiger partial charge in [-0.3, -0.25) is 0 Å². The number of hydrogen-bond acceptors (Lipinski definition) is 2. The molecule has 0 N–H and O–H groups in total. The molecule has 0 bridgehead atoms. The van der Waals surface area contributed by atoms with Crippen molar-refractivity contribution in [3.8, 4) is 0 Å². The lowest BCUT2D eigenvalue weighted by atomic mass is 10.1. The highest BCUT2D eigenvalue weighted by Gasteiger charge is 2.11. The molecule has 0 saturated carbocycles. The number of carbonyl (C=O) groups excluding carboxylic acids is 1. The number of halogens is 1. The Hall–Kier alpha value is -1.02. The van der Waals surface area contributed by atoms with Crippen molar-refractivity contribution in [2.24, 2.45) is 0 Å². The lowest BCUT2D eigenvalue weighted by Gasteiger charge is -2.13. The van der Waals surface area contributed by atoms with Crippen molar-refractivity contribution >= 4 is 17.0 Å². The highest BCUT2D eigenvalue weighted by Crippen LogP contribution is 2.21. The first-order chi connectivity index (χ1) is 6.24. The van der Waals surface area contributed by atoms with Gasteiger partial charge in [0, 0.05) is 11.6 Å². The Labute approximate surface area is 82.5 Å². The molecule has 0 aliphatic rings. The van der Waals surface area contributed by atoms with Crippen molar-refractivity contribution < 1.29 is 9.53 Å². The minimum atomic E-state index is -0.754. The van der Waals surface area contributed by atoms with Crippen LogP contribution in [0.25, 0.3) is 0 Å². The van der Waals surface area contributed by atoms with Crippen LogP contribution in [-0.4, -0.2) is 5.43 Å². The Bertz CT molecular complexity index is 272. The fraction of sp³-hybridized carbons (Fsp3) is 0.300. The second-order valence-electron chi connectivity index (χ2n) is 2.66. The maximum Gasteiger partial charge on any atom is 0.404 e. The molecule has 3 heteroatoms. The molecule has 1 rings (SSSR count). The molecule has 1 unspecified atom stereocenters. The molecule has 0 aliphatic carbocycles. The van der Waals surface area contributed by atoms with Crippen LogP contribution in [0.1, 0.15) is 25.0 Å². The third kappa shape index (κ3) is 3.07. The Morgan fingerprint density at radius 1 is 1.46 bits per heavy atom. The van der Waals surface area contributed by atoms with Gasteiger partial charge in [0.1, 0.15) is 6.10 Å². The quantitative estimate of drug-likeness (QED) is 0.695. The van der Waals surface area contributed by atoms with Crippen molar-refractivity contribution in [3.63, 3.8) is 0 Å². The van der Waals surface area contributed by atoms with Crippen molar-refractivity contribution in [3.05, 3.63) is 35.9 Å². The summed E-state index contributed by atoms with van der Waals surface area (Å²) in [6, 6.07) is 9.54. The first-order valence-corrected chi connectivity index (χ1v) is 4.53. The van der Waals surface area contributed by atoms with Crippen LogP contribution in [-0.2, 0) is 4.74 Å². The molecule has 1 aromatic carbocycles. The molecule has 0 aromatic heterocycles. The monoisotopic (exact) mass is 198 g/mol. The molecule has 0 fully saturated rings. The van der Waals surface area contributed by atoms with E-state index in [1.165, 1.54) is 0 Å². The largest absolute Gasteiger partial charge is 0.446 e. The third-order valence-corrected chi connectivity index (χ3v) is 1.87. The van der Waals surface area contributed by atoms with Crippen LogP contribution in [0, 0.1) is 0 Å². The molecule has 0 heterocycles. The average Bonchev–Trinajstić information content (AvgIpc) is 2.15. The Morgan fingerprint density at radius 2 is 2.08 bits per heavy atom. The van der Waals surface area contributed by atoms with E-state index in [-0.39, 0.29) is 6.10 Å². The van der Waals surface area contributed by atoms with Crippen LogP contribution in [0.2, 0.25) is 0 Å². The third-order valence-electron chi connectivity index (χ3n) is 1.78. The molecule has 1 atom stereocenters. The fourth-order valence-electron chi connectivity index (χ4n) is 1.17. The lowest BCUT2D eigenvalue weighted by Crippen LogP contribution is -2.04. The summed E-state index contributed by atoms with van der Waals surface area (Å²) in [5.74, 6) is 0. The normalized spacial score (nSPS) is 12.2. The standard InChI is InChI=1S/C10H11ClO2/c1-2-9(13-10(11)12)8-6-4-3-5-7-8/h3-7,9H,2H2,1H3. The number of ether oxygens (including phenoxy) is 1.